The Morgan fingerprint density at radius 2 is 1.28 bits per heavy atom. The van der Waals surface area contributed by atoms with Crippen LogP contribution in [-0.2, 0) is 57.1 Å². The lowest BCUT2D eigenvalue weighted by Gasteiger charge is -2.44. The SMILES string of the molecule is O=C(/C=C/c1ccc(O[C@@H]2O[C@H](CO)[C@@H](O)[C@H](O)[C@@H]2O)c(O)c1)O[C@H](C(=O)O)[C@H](OC(=O)CC(=O)OC[C@H]1O[C@@H](Oc2cc3c(O)cc(O)cc3[o+]c2-c2ccc(O)cc2)[C@H](O[C@@H]2OC[C@H](O)[C@H](O)[C@@H]2O)[C@@H](O)[C@H]1O)C(=O)O. The highest BCUT2D eigenvalue weighted by Crippen LogP contribution is 2.42. The van der Waals surface area contributed by atoms with Crippen molar-refractivity contribution in [2.24, 2.45) is 0 Å². The number of phenols is 4. The van der Waals surface area contributed by atoms with Gasteiger partial charge in [0.05, 0.1) is 24.8 Å². The van der Waals surface area contributed by atoms with Gasteiger partial charge in [-0.05, 0) is 48.0 Å². The van der Waals surface area contributed by atoms with Crippen molar-refractivity contribution < 1.29 is 148 Å². The van der Waals surface area contributed by atoms with E-state index in [4.69, 9.17) is 47.0 Å². The summed E-state index contributed by atoms with van der Waals surface area (Å²) in [4.78, 5) is 62.9. The Morgan fingerprint density at radius 3 is 1.95 bits per heavy atom. The van der Waals surface area contributed by atoms with Crippen LogP contribution < -0.4 is 9.47 Å². The average molecular weight is 1110 g/mol. The molecule has 0 unspecified atom stereocenters. The fourth-order valence-electron chi connectivity index (χ4n) is 7.91. The highest BCUT2D eigenvalue weighted by molar-refractivity contribution is 5.95. The van der Waals surface area contributed by atoms with Gasteiger partial charge in [-0.25, -0.2) is 18.8 Å². The van der Waals surface area contributed by atoms with Crippen LogP contribution in [0.4, 0.5) is 0 Å². The first-order valence-electron chi connectivity index (χ1n) is 23.1. The first-order valence-corrected chi connectivity index (χ1v) is 23.1. The third kappa shape index (κ3) is 13.4. The van der Waals surface area contributed by atoms with Gasteiger partial charge in [0.15, 0.2) is 23.9 Å². The van der Waals surface area contributed by atoms with Crippen LogP contribution in [-0.4, -0.2) is 224 Å². The molecule has 0 bridgehead atoms. The second kappa shape index (κ2) is 24.8. The largest absolute Gasteiger partial charge is 0.508 e. The molecule has 78 heavy (non-hydrogen) atoms. The van der Waals surface area contributed by atoms with Gasteiger partial charge in [-0.2, -0.15) is 0 Å². The van der Waals surface area contributed by atoms with Crippen LogP contribution in [0.5, 0.6) is 34.5 Å². The smallest absolute Gasteiger partial charge is 0.402 e. The molecule has 0 radical (unpaired) electrons. The molecular weight excluding hydrogens is 1060 g/mol. The fraction of sp³-hybridized carbons (Fsp3) is 0.417. The number of benzene rings is 3. The number of carboxylic acid groups (broad SMARTS) is 2. The highest BCUT2D eigenvalue weighted by atomic mass is 16.8. The molecule has 0 spiro atoms. The highest BCUT2D eigenvalue weighted by Gasteiger charge is 2.51. The van der Waals surface area contributed by atoms with Crippen LogP contribution >= 0.6 is 0 Å². The minimum absolute atomic E-state index is 0.00883. The Balaban J connectivity index is 1.01. The van der Waals surface area contributed by atoms with E-state index in [2.05, 4.69) is 0 Å². The van der Waals surface area contributed by atoms with Crippen molar-refractivity contribution in [2.75, 3.05) is 19.8 Å². The van der Waals surface area contributed by atoms with Gasteiger partial charge in [-0.1, -0.05) is 6.07 Å². The van der Waals surface area contributed by atoms with Gasteiger partial charge in [0.25, 0.3) is 0 Å². The minimum Gasteiger partial charge on any atom is -0.508 e. The number of rotatable bonds is 19. The quantitative estimate of drug-likeness (QED) is 0.0144. The number of aliphatic hydroxyl groups is 9. The van der Waals surface area contributed by atoms with Crippen LogP contribution in [0.15, 0.2) is 71.2 Å². The molecule has 0 aliphatic carbocycles. The molecule has 3 aliphatic rings. The predicted molar refractivity (Wildman–Crippen MR) is 247 cm³/mol. The molecule has 4 aromatic rings. The lowest BCUT2D eigenvalue weighted by molar-refractivity contribution is -0.345. The normalized spacial score (nSPS) is 29.0. The molecule has 3 aromatic carbocycles. The molecule has 0 amide bonds. The van der Waals surface area contributed by atoms with Gasteiger partial charge >= 0.3 is 41.2 Å². The molecule has 15 N–H and O–H groups in total. The molecule has 30 heteroatoms. The third-order valence-corrected chi connectivity index (χ3v) is 12.0. The number of ether oxygens (including phenoxy) is 9. The molecule has 7 rings (SSSR count). The fourth-order valence-corrected chi connectivity index (χ4v) is 7.91. The standard InChI is InChI=1S/C48H50O30/c49-14-28-34(59)36(61)39(64)47(74-28)72-25-7-1-17(9-23(25)53)2-8-30(55)76-42(44(65)66)43(45(67)68)77-32(57)13-31(56)69-16-29-35(60)37(62)41(78-46-38(63)33(58)24(54)15-70-46)48(75-29)73-27-12-21-22(52)10-20(51)11-26(21)71-40(27)18-3-5-19(50)6-4-18/h1-12,24,28-29,33-39,41-43,46-49,54,58-64H,13-16H2,(H5-,50,51,52,53,65,66,67,68)/p+1/b8-2+/t24-,28+,29+,33-,34+,35-,36-,37-,38-,39-,41+,42-,43-,46-,47+,48+/m0/s1. The average Bonchev–Trinajstić information content (AvgIpc) is 3.49. The maximum atomic E-state index is 13.0. The van der Waals surface area contributed by atoms with Gasteiger partial charge in [0, 0.05) is 18.2 Å². The van der Waals surface area contributed by atoms with E-state index in [1.165, 1.54) is 36.4 Å². The number of hydrogen-bond acceptors (Lipinski definition) is 27. The van der Waals surface area contributed by atoms with Gasteiger partial charge in [0.2, 0.25) is 30.5 Å². The monoisotopic (exact) mass is 1110 g/mol. The van der Waals surface area contributed by atoms with Crippen molar-refractivity contribution in [3.8, 4) is 45.8 Å². The maximum absolute atomic E-state index is 13.0. The molecule has 0 saturated carbocycles. The molecule has 3 aliphatic heterocycles. The summed E-state index contributed by atoms with van der Waals surface area (Å²) in [5, 5.41) is 154. The molecular formula is C48H51O30+. The first-order chi connectivity index (χ1) is 36.9. The number of aliphatic carboxylic acids is 2. The van der Waals surface area contributed by atoms with E-state index in [-0.39, 0.29) is 45.1 Å². The van der Waals surface area contributed by atoms with Crippen LogP contribution in [0.3, 0.4) is 0 Å². The second-order valence-corrected chi connectivity index (χ2v) is 17.5. The Morgan fingerprint density at radius 1 is 0.641 bits per heavy atom. The Labute approximate surface area is 436 Å². The second-order valence-electron chi connectivity index (χ2n) is 17.5. The predicted octanol–water partition coefficient (Wildman–Crippen LogP) is -3.33. The summed E-state index contributed by atoms with van der Waals surface area (Å²) < 4.78 is 54.2. The number of fused-ring (bicyclic) bond motifs is 1. The van der Waals surface area contributed by atoms with Gasteiger partial charge in [-0.3, -0.25) is 9.59 Å². The zero-order valence-electron chi connectivity index (χ0n) is 39.8. The summed E-state index contributed by atoms with van der Waals surface area (Å²) >= 11 is 0. The van der Waals surface area contributed by atoms with Crippen molar-refractivity contribution in [2.45, 2.75) is 105 Å². The van der Waals surface area contributed by atoms with Crippen molar-refractivity contribution in [3.05, 3.63) is 72.3 Å². The van der Waals surface area contributed by atoms with Crippen LogP contribution in [0, 0.1) is 0 Å². The zero-order chi connectivity index (χ0) is 56.9. The molecule has 4 heterocycles. The Bertz CT molecular complexity index is 2840. The van der Waals surface area contributed by atoms with E-state index in [0.29, 0.717) is 6.08 Å². The number of hydrogen-bond donors (Lipinski definition) is 15. The van der Waals surface area contributed by atoms with Crippen LogP contribution in [0.1, 0.15) is 12.0 Å². The van der Waals surface area contributed by atoms with Gasteiger partial charge in [-0.15, -0.1) is 0 Å². The molecule has 3 fully saturated rings. The summed E-state index contributed by atoms with van der Waals surface area (Å²) in [5.74, 6) is -11.7. The van der Waals surface area contributed by atoms with E-state index in [1.807, 2.05) is 0 Å². The van der Waals surface area contributed by atoms with E-state index in [1.54, 1.807) is 0 Å². The van der Waals surface area contributed by atoms with Gasteiger partial charge in [0.1, 0.15) is 96.7 Å². The number of carbonyl (C=O) groups is 5. The molecule has 422 valence electrons. The number of phenolic OH excluding ortho intramolecular Hbond substituents is 4. The zero-order valence-corrected chi connectivity index (χ0v) is 39.8. The molecule has 1 aromatic heterocycles. The van der Waals surface area contributed by atoms with Crippen molar-refractivity contribution in [1.29, 1.82) is 0 Å². The summed E-state index contributed by atoms with van der Waals surface area (Å²) in [6.07, 6.45) is -31.0. The van der Waals surface area contributed by atoms with Crippen LogP contribution in [0.2, 0.25) is 0 Å². The Hall–Kier alpha value is -7.56. The van der Waals surface area contributed by atoms with E-state index >= 15 is 0 Å². The number of carbonyl (C=O) groups excluding carboxylic acids is 3. The van der Waals surface area contributed by atoms with Crippen molar-refractivity contribution >= 4 is 46.9 Å². The first kappa shape index (κ1) is 58.1. The number of carboxylic acids is 2. The lowest BCUT2D eigenvalue weighted by atomic mass is 9.98. The van der Waals surface area contributed by atoms with E-state index in [9.17, 15) is 101 Å². The minimum atomic E-state index is -2.80. The summed E-state index contributed by atoms with van der Waals surface area (Å²) in [6, 6.07) is 11.9. The summed E-state index contributed by atoms with van der Waals surface area (Å²) in [7, 11) is 0. The molecule has 3 saturated heterocycles. The van der Waals surface area contributed by atoms with Crippen molar-refractivity contribution in [3.63, 3.8) is 0 Å². The lowest BCUT2D eigenvalue weighted by Crippen LogP contribution is -2.64. The van der Waals surface area contributed by atoms with E-state index < -0.39 is 172 Å². The topological polar surface area (TPSA) is 483 Å². The van der Waals surface area contributed by atoms with E-state index in [0.717, 1.165) is 30.3 Å². The number of aromatic hydroxyl groups is 4. The van der Waals surface area contributed by atoms with Gasteiger partial charge < -0.3 is 119 Å². The van der Waals surface area contributed by atoms with Crippen LogP contribution in [0.25, 0.3) is 28.4 Å². The van der Waals surface area contributed by atoms with Crippen molar-refractivity contribution in [1.82, 2.24) is 0 Å². The maximum Gasteiger partial charge on any atom is 0.402 e. The number of esters is 3. The summed E-state index contributed by atoms with van der Waals surface area (Å²) in [5.41, 5.74) is 0.114. The molecule has 16 atom stereocenters. The molecule has 30 nitrogen and oxygen atoms in total. The third-order valence-electron chi connectivity index (χ3n) is 12.0. The Kier molecular flexibility index (Phi) is 18.5. The summed E-state index contributed by atoms with van der Waals surface area (Å²) in [6.45, 7) is -2.40. The number of aliphatic hydroxyl groups excluding tert-OH is 9.